The van der Waals surface area contributed by atoms with E-state index in [9.17, 15) is 0 Å². The zero-order valence-electron chi connectivity index (χ0n) is 10.2. The first-order valence-electron chi connectivity index (χ1n) is 6.24. The van der Waals surface area contributed by atoms with Gasteiger partial charge in [0.05, 0.1) is 0 Å². The summed E-state index contributed by atoms with van der Waals surface area (Å²) < 4.78 is 5.87. The van der Waals surface area contributed by atoms with Crippen molar-refractivity contribution in [2.75, 3.05) is 0 Å². The van der Waals surface area contributed by atoms with E-state index >= 15 is 0 Å². The number of aryl methyl sites for hydroxylation is 2. The summed E-state index contributed by atoms with van der Waals surface area (Å²) in [6, 6.07) is 6.57. The zero-order chi connectivity index (χ0) is 11.5. The molecule has 0 bridgehead atoms. The molecule has 0 saturated carbocycles. The minimum atomic E-state index is 0.0875. The van der Waals surface area contributed by atoms with Crippen molar-refractivity contribution in [2.24, 2.45) is 5.73 Å². The van der Waals surface area contributed by atoms with Crippen molar-refractivity contribution in [1.82, 2.24) is 0 Å². The first-order valence-corrected chi connectivity index (χ1v) is 6.24. The van der Waals surface area contributed by atoms with Crippen LogP contribution in [0.15, 0.2) is 18.2 Å². The molecule has 2 rings (SSSR count). The molecule has 2 atom stereocenters. The van der Waals surface area contributed by atoms with E-state index in [2.05, 4.69) is 25.1 Å². The van der Waals surface area contributed by atoms with Crippen LogP contribution in [-0.4, -0.2) is 12.1 Å². The molecule has 16 heavy (non-hydrogen) atoms. The van der Waals surface area contributed by atoms with Crippen LogP contribution in [0.25, 0.3) is 0 Å². The first kappa shape index (κ1) is 11.5. The Morgan fingerprint density at radius 1 is 1.31 bits per heavy atom. The SMILES string of the molecule is CCC(N)C(C)Oc1ccc2c(c1)CCC2. The standard InChI is InChI=1S/C14H21NO/c1-3-14(15)10(2)16-13-8-7-11-5-4-6-12(11)9-13/h7-10,14H,3-6,15H2,1-2H3. The molecule has 0 amide bonds. The molecular weight excluding hydrogens is 198 g/mol. The Morgan fingerprint density at radius 2 is 2.06 bits per heavy atom. The van der Waals surface area contributed by atoms with Crippen molar-refractivity contribution >= 4 is 0 Å². The minimum Gasteiger partial charge on any atom is -0.489 e. The van der Waals surface area contributed by atoms with Crippen LogP contribution in [0.2, 0.25) is 0 Å². The Balaban J connectivity index is 2.05. The van der Waals surface area contributed by atoms with E-state index in [-0.39, 0.29) is 12.1 Å². The van der Waals surface area contributed by atoms with Crippen molar-refractivity contribution in [2.45, 2.75) is 51.7 Å². The van der Waals surface area contributed by atoms with Crippen molar-refractivity contribution in [1.29, 1.82) is 0 Å². The summed E-state index contributed by atoms with van der Waals surface area (Å²) >= 11 is 0. The van der Waals surface area contributed by atoms with E-state index in [1.54, 1.807) is 0 Å². The van der Waals surface area contributed by atoms with Gasteiger partial charge in [-0.15, -0.1) is 0 Å². The second-order valence-electron chi connectivity index (χ2n) is 4.68. The Morgan fingerprint density at radius 3 is 2.81 bits per heavy atom. The number of hydrogen-bond donors (Lipinski definition) is 1. The van der Waals surface area contributed by atoms with Gasteiger partial charge in [-0.2, -0.15) is 0 Å². The van der Waals surface area contributed by atoms with E-state index in [0.717, 1.165) is 12.2 Å². The number of ether oxygens (including phenoxy) is 1. The zero-order valence-corrected chi connectivity index (χ0v) is 10.2. The second-order valence-corrected chi connectivity index (χ2v) is 4.68. The molecule has 2 nitrogen and oxygen atoms in total. The molecule has 2 unspecified atom stereocenters. The van der Waals surface area contributed by atoms with E-state index in [1.807, 2.05) is 6.92 Å². The number of rotatable bonds is 4. The van der Waals surface area contributed by atoms with Gasteiger partial charge < -0.3 is 10.5 Å². The Hall–Kier alpha value is -1.02. The highest BCUT2D eigenvalue weighted by molar-refractivity contribution is 5.38. The number of hydrogen-bond acceptors (Lipinski definition) is 2. The van der Waals surface area contributed by atoms with E-state index < -0.39 is 0 Å². The van der Waals surface area contributed by atoms with Crippen LogP contribution in [0.3, 0.4) is 0 Å². The van der Waals surface area contributed by atoms with Gasteiger partial charge in [-0.3, -0.25) is 0 Å². The number of benzene rings is 1. The number of fused-ring (bicyclic) bond motifs is 1. The molecule has 1 aliphatic rings. The molecule has 2 N–H and O–H groups in total. The highest BCUT2D eigenvalue weighted by atomic mass is 16.5. The fourth-order valence-corrected chi connectivity index (χ4v) is 2.26. The topological polar surface area (TPSA) is 35.2 Å². The third-order valence-electron chi connectivity index (χ3n) is 3.47. The van der Waals surface area contributed by atoms with Crippen molar-refractivity contribution in [3.8, 4) is 5.75 Å². The van der Waals surface area contributed by atoms with Gasteiger partial charge >= 0.3 is 0 Å². The summed E-state index contributed by atoms with van der Waals surface area (Å²) in [5.41, 5.74) is 8.89. The molecular formula is C14H21NO. The predicted octanol–water partition coefficient (Wildman–Crippen LogP) is 2.68. The first-order chi connectivity index (χ1) is 7.70. The van der Waals surface area contributed by atoms with E-state index in [4.69, 9.17) is 10.5 Å². The molecule has 1 aromatic carbocycles. The lowest BCUT2D eigenvalue weighted by molar-refractivity contribution is 0.187. The summed E-state index contributed by atoms with van der Waals surface area (Å²) in [5, 5.41) is 0. The van der Waals surface area contributed by atoms with E-state index in [1.165, 1.54) is 30.4 Å². The van der Waals surface area contributed by atoms with Crippen LogP contribution < -0.4 is 10.5 Å². The highest BCUT2D eigenvalue weighted by Crippen LogP contribution is 2.26. The molecule has 0 heterocycles. The molecule has 0 aromatic heterocycles. The maximum Gasteiger partial charge on any atom is 0.120 e. The summed E-state index contributed by atoms with van der Waals surface area (Å²) in [7, 11) is 0. The molecule has 0 aliphatic heterocycles. The second kappa shape index (κ2) is 4.88. The lowest BCUT2D eigenvalue weighted by Crippen LogP contribution is -2.35. The van der Waals surface area contributed by atoms with Gasteiger partial charge in [0.1, 0.15) is 11.9 Å². The monoisotopic (exact) mass is 219 g/mol. The maximum atomic E-state index is 5.95. The summed E-state index contributed by atoms with van der Waals surface area (Å²) in [6.07, 6.45) is 4.74. The number of nitrogens with two attached hydrogens (primary N) is 1. The fraction of sp³-hybridized carbons (Fsp3) is 0.571. The average molecular weight is 219 g/mol. The fourth-order valence-electron chi connectivity index (χ4n) is 2.26. The molecule has 0 fully saturated rings. The smallest absolute Gasteiger partial charge is 0.120 e. The molecule has 0 spiro atoms. The van der Waals surface area contributed by atoms with Crippen LogP contribution in [0.1, 0.15) is 37.8 Å². The van der Waals surface area contributed by atoms with Crippen molar-refractivity contribution < 1.29 is 4.74 Å². The molecule has 1 aliphatic carbocycles. The summed E-state index contributed by atoms with van der Waals surface area (Å²) in [4.78, 5) is 0. The van der Waals surface area contributed by atoms with Crippen LogP contribution >= 0.6 is 0 Å². The maximum absolute atomic E-state index is 5.95. The molecule has 1 aromatic rings. The largest absolute Gasteiger partial charge is 0.489 e. The van der Waals surface area contributed by atoms with Gasteiger partial charge in [-0.05, 0) is 55.9 Å². The Labute approximate surface area is 97.8 Å². The molecule has 0 saturated heterocycles. The van der Waals surface area contributed by atoms with Crippen molar-refractivity contribution in [3.05, 3.63) is 29.3 Å². The van der Waals surface area contributed by atoms with E-state index in [0.29, 0.717) is 0 Å². The lowest BCUT2D eigenvalue weighted by atomic mass is 10.1. The Bertz CT molecular complexity index is 362. The van der Waals surface area contributed by atoms with Gasteiger partial charge in [0.25, 0.3) is 0 Å². The third kappa shape index (κ3) is 2.38. The van der Waals surface area contributed by atoms with Crippen LogP contribution in [0.4, 0.5) is 0 Å². The Kier molecular flexibility index (Phi) is 3.49. The average Bonchev–Trinajstić information content (AvgIpc) is 2.75. The van der Waals surface area contributed by atoms with Gasteiger partial charge in [0.15, 0.2) is 0 Å². The van der Waals surface area contributed by atoms with Gasteiger partial charge in [0, 0.05) is 6.04 Å². The quantitative estimate of drug-likeness (QED) is 0.845. The molecule has 88 valence electrons. The highest BCUT2D eigenvalue weighted by Gasteiger charge is 2.15. The molecule has 0 radical (unpaired) electrons. The molecule has 2 heteroatoms. The van der Waals surface area contributed by atoms with Gasteiger partial charge in [-0.1, -0.05) is 13.0 Å². The normalized spacial score (nSPS) is 17.9. The van der Waals surface area contributed by atoms with Gasteiger partial charge in [0.2, 0.25) is 0 Å². The van der Waals surface area contributed by atoms with Crippen LogP contribution in [0.5, 0.6) is 5.75 Å². The van der Waals surface area contributed by atoms with Gasteiger partial charge in [-0.25, -0.2) is 0 Å². The van der Waals surface area contributed by atoms with Crippen LogP contribution in [-0.2, 0) is 12.8 Å². The lowest BCUT2D eigenvalue weighted by Gasteiger charge is -2.20. The third-order valence-corrected chi connectivity index (χ3v) is 3.47. The van der Waals surface area contributed by atoms with Crippen LogP contribution in [0, 0.1) is 0 Å². The summed E-state index contributed by atoms with van der Waals surface area (Å²) in [5.74, 6) is 0.969. The summed E-state index contributed by atoms with van der Waals surface area (Å²) in [6.45, 7) is 4.13. The predicted molar refractivity (Wildman–Crippen MR) is 66.8 cm³/mol. The van der Waals surface area contributed by atoms with Crippen molar-refractivity contribution in [3.63, 3.8) is 0 Å². The minimum absolute atomic E-state index is 0.0875.